The third-order valence-corrected chi connectivity index (χ3v) is 15.1. The third kappa shape index (κ3) is 15.9. The molecule has 14 atom stereocenters. The van der Waals surface area contributed by atoms with E-state index >= 15 is 0 Å². The highest BCUT2D eigenvalue weighted by Crippen LogP contribution is 2.38. The Labute approximate surface area is 412 Å². The maximum absolute atomic E-state index is 14.5. The number of ether oxygens (including phenoxy) is 7. The molecule has 4 rings (SSSR count). The summed E-state index contributed by atoms with van der Waals surface area (Å²) in [7, 11) is 4.66. The van der Waals surface area contributed by atoms with Crippen molar-refractivity contribution in [2.75, 3.05) is 41.1 Å². The van der Waals surface area contributed by atoms with Gasteiger partial charge < -0.3 is 48.3 Å². The predicted octanol–water partition coefficient (Wildman–Crippen LogP) is 7.07. The fraction of sp³-hybridized carbons (Fsp3) is 0.796. The van der Waals surface area contributed by atoms with Crippen molar-refractivity contribution >= 4 is 29.2 Å². The first kappa shape index (κ1) is 58.4. The molecule has 2 N–H and O–H groups in total. The summed E-state index contributed by atoms with van der Waals surface area (Å²) in [4.78, 5) is 71.7. The zero-order chi connectivity index (χ0) is 51.2. The minimum atomic E-state index is -2.41. The van der Waals surface area contributed by atoms with E-state index in [1.165, 1.54) is 12.0 Å². The second-order valence-electron chi connectivity index (χ2n) is 21.0. The van der Waals surface area contributed by atoms with E-state index in [-0.39, 0.29) is 79.0 Å². The van der Waals surface area contributed by atoms with Crippen LogP contribution in [0.4, 0.5) is 0 Å². The lowest BCUT2D eigenvalue weighted by molar-refractivity contribution is -0.265. The standard InChI is InChI=1S/C54H87NO14/c1-13-14-17-33(4)45(63-10)28-40-21-19-38(9)54(62,69-40)51(59)52(60)55-23-16-15-18-42(55)53(61)68-46(35(6)26-39-20-22-44(47(27-39)64-11)67-41-30-66-31-41)29-43(56)34(5)25-37(8)49(58)50(65-12)48(57)36(7)24-32(2)3/h13-14,17,25,32,35-42,44-47,49-50,58,62H,15-16,18-24,26-31H2,1-12H3/b14-13?,33-17?,34-25-. The Morgan fingerprint density at radius 1 is 0.899 bits per heavy atom. The number of aliphatic hydroxyl groups excluding tert-OH is 1. The van der Waals surface area contributed by atoms with Crippen molar-refractivity contribution in [3.63, 3.8) is 0 Å². The van der Waals surface area contributed by atoms with Crippen LogP contribution in [0.15, 0.2) is 35.5 Å². The number of allylic oxidation sites excluding steroid dienone is 4. The molecule has 0 aromatic carbocycles. The molecule has 4 aliphatic rings. The summed E-state index contributed by atoms with van der Waals surface area (Å²) in [6, 6.07) is -1.13. The Morgan fingerprint density at radius 3 is 2.22 bits per heavy atom. The molecule has 69 heavy (non-hydrogen) atoms. The molecule has 0 spiro atoms. The van der Waals surface area contributed by atoms with Gasteiger partial charge in [0.15, 0.2) is 11.6 Å². The monoisotopic (exact) mass is 974 g/mol. The lowest BCUT2D eigenvalue weighted by Gasteiger charge is -2.42. The fourth-order valence-corrected chi connectivity index (χ4v) is 10.6. The number of carbonyl (C=O) groups is 5. The van der Waals surface area contributed by atoms with Gasteiger partial charge in [-0.25, -0.2) is 4.79 Å². The number of hydrogen-bond donors (Lipinski definition) is 2. The summed E-state index contributed by atoms with van der Waals surface area (Å²) in [5, 5.41) is 23.3. The molecule has 3 aliphatic heterocycles. The van der Waals surface area contributed by atoms with E-state index in [4.69, 9.17) is 33.2 Å². The topological polar surface area (TPSA) is 194 Å². The SMILES string of the molecule is CC=CC=C(C)C(CC1CCC(C)C(O)(C(=O)C(=O)N2CCCCC2C(=O)OC(CC(=O)/C(C)=C\C(C)C(O)C(OC)C(=O)C(C)CC(C)C)C(C)CC2CCC(OC3COC3)C(OC)C2)O1)OC. The molecule has 0 radical (unpaired) electrons. The summed E-state index contributed by atoms with van der Waals surface area (Å²) >= 11 is 0. The van der Waals surface area contributed by atoms with Gasteiger partial charge in [0.25, 0.3) is 11.7 Å². The minimum Gasteiger partial charge on any atom is -0.460 e. The van der Waals surface area contributed by atoms with E-state index in [1.807, 2.05) is 59.8 Å². The summed E-state index contributed by atoms with van der Waals surface area (Å²) in [6.07, 6.45) is 9.22. The molecule has 392 valence electrons. The van der Waals surface area contributed by atoms with E-state index in [1.54, 1.807) is 41.1 Å². The summed E-state index contributed by atoms with van der Waals surface area (Å²) in [5.41, 5.74) is 1.28. The predicted molar refractivity (Wildman–Crippen MR) is 261 cm³/mol. The molecule has 3 heterocycles. The van der Waals surface area contributed by atoms with Crippen LogP contribution in [0.1, 0.15) is 139 Å². The molecule has 4 fully saturated rings. The Kier molecular flexibility index (Phi) is 23.4. The second-order valence-corrected chi connectivity index (χ2v) is 21.0. The highest BCUT2D eigenvalue weighted by atomic mass is 16.6. The van der Waals surface area contributed by atoms with Gasteiger partial charge in [-0.3, -0.25) is 19.2 Å². The number of nitrogens with zero attached hydrogens (tertiary/aromatic N) is 1. The van der Waals surface area contributed by atoms with Gasteiger partial charge in [-0.1, -0.05) is 65.8 Å². The Balaban J connectivity index is 1.55. The molecule has 0 aromatic heterocycles. The molecule has 15 heteroatoms. The van der Waals surface area contributed by atoms with Crippen LogP contribution in [-0.4, -0.2) is 146 Å². The van der Waals surface area contributed by atoms with Gasteiger partial charge in [-0.15, -0.1) is 0 Å². The van der Waals surface area contributed by atoms with Gasteiger partial charge in [0, 0.05) is 58.5 Å². The van der Waals surface area contributed by atoms with Gasteiger partial charge in [0.1, 0.15) is 24.4 Å². The average molecular weight is 974 g/mol. The highest BCUT2D eigenvalue weighted by molar-refractivity contribution is 6.39. The minimum absolute atomic E-state index is 0.0566. The Hall–Kier alpha value is -3.15. The van der Waals surface area contributed by atoms with E-state index in [0.717, 1.165) is 18.4 Å². The normalized spacial score (nSPS) is 29.4. The number of hydrogen-bond acceptors (Lipinski definition) is 14. The number of likely N-dealkylation sites (tertiary alicyclic amines) is 1. The lowest BCUT2D eigenvalue weighted by Crippen LogP contribution is -2.61. The molecule has 0 aromatic rings. The van der Waals surface area contributed by atoms with Crippen molar-refractivity contribution < 1.29 is 67.3 Å². The van der Waals surface area contributed by atoms with Crippen LogP contribution in [0.5, 0.6) is 0 Å². The maximum Gasteiger partial charge on any atom is 0.329 e. The largest absolute Gasteiger partial charge is 0.460 e. The Morgan fingerprint density at radius 2 is 1.61 bits per heavy atom. The first-order valence-corrected chi connectivity index (χ1v) is 25.7. The third-order valence-electron chi connectivity index (χ3n) is 15.1. The van der Waals surface area contributed by atoms with Crippen LogP contribution in [0.3, 0.4) is 0 Å². The van der Waals surface area contributed by atoms with Crippen molar-refractivity contribution in [1.29, 1.82) is 0 Å². The number of esters is 1. The zero-order valence-corrected chi connectivity index (χ0v) is 43.8. The number of rotatable bonds is 26. The van der Waals surface area contributed by atoms with Crippen molar-refractivity contribution in [3.05, 3.63) is 35.5 Å². The molecule has 15 nitrogen and oxygen atoms in total. The first-order chi connectivity index (χ1) is 32.7. The maximum atomic E-state index is 14.5. The van der Waals surface area contributed by atoms with Crippen molar-refractivity contribution in [2.24, 2.45) is 35.5 Å². The van der Waals surface area contributed by atoms with Crippen molar-refractivity contribution in [2.45, 2.75) is 200 Å². The van der Waals surface area contributed by atoms with Gasteiger partial charge in [-0.05, 0) is 114 Å². The average Bonchev–Trinajstić information content (AvgIpc) is 3.31. The number of aliphatic hydroxyl groups is 2. The van der Waals surface area contributed by atoms with E-state index in [2.05, 4.69) is 0 Å². The van der Waals surface area contributed by atoms with Crippen molar-refractivity contribution in [1.82, 2.24) is 4.90 Å². The second kappa shape index (κ2) is 27.6. The summed E-state index contributed by atoms with van der Waals surface area (Å²) in [5.74, 6) is -7.32. The van der Waals surface area contributed by atoms with E-state index in [0.29, 0.717) is 70.2 Å². The van der Waals surface area contributed by atoms with Crippen molar-refractivity contribution in [3.8, 4) is 0 Å². The number of Topliss-reactive ketones (excluding diaryl/α,β-unsaturated/α-hetero) is 3. The fourth-order valence-electron chi connectivity index (χ4n) is 10.6. The molecule has 0 bridgehead atoms. The van der Waals surface area contributed by atoms with Crippen LogP contribution >= 0.6 is 0 Å². The van der Waals surface area contributed by atoms with Crippen LogP contribution in [-0.2, 0) is 57.1 Å². The zero-order valence-electron chi connectivity index (χ0n) is 43.8. The molecule has 14 unspecified atom stereocenters. The van der Waals surface area contributed by atoms with Gasteiger partial charge in [0.05, 0.1) is 43.7 Å². The summed E-state index contributed by atoms with van der Waals surface area (Å²) in [6.45, 7) is 18.0. The molecular weight excluding hydrogens is 887 g/mol. The van der Waals surface area contributed by atoms with Gasteiger partial charge in [-0.2, -0.15) is 0 Å². The van der Waals surface area contributed by atoms with Crippen LogP contribution < -0.4 is 0 Å². The number of methoxy groups -OCH3 is 3. The molecule has 1 aliphatic carbocycles. The van der Waals surface area contributed by atoms with Crippen LogP contribution in [0, 0.1) is 35.5 Å². The van der Waals surface area contributed by atoms with Crippen LogP contribution in [0.25, 0.3) is 0 Å². The molecule has 3 saturated heterocycles. The number of amides is 1. The number of ketones is 3. The number of carbonyl (C=O) groups excluding carboxylic acids is 5. The van der Waals surface area contributed by atoms with E-state index in [9.17, 15) is 34.2 Å². The van der Waals surface area contributed by atoms with Crippen LogP contribution in [0.2, 0.25) is 0 Å². The number of piperidine rings is 1. The molecule has 1 amide bonds. The highest BCUT2D eigenvalue weighted by Gasteiger charge is 2.53. The smallest absolute Gasteiger partial charge is 0.329 e. The lowest BCUT2D eigenvalue weighted by atomic mass is 9.78. The van der Waals surface area contributed by atoms with Gasteiger partial charge >= 0.3 is 5.97 Å². The quantitative estimate of drug-likeness (QED) is 0.0387. The molecule has 1 saturated carbocycles. The molecular formula is C54H87NO14. The summed E-state index contributed by atoms with van der Waals surface area (Å²) < 4.78 is 41.2. The Bertz CT molecular complexity index is 1790. The first-order valence-electron chi connectivity index (χ1n) is 25.7. The van der Waals surface area contributed by atoms with Gasteiger partial charge in [0.2, 0.25) is 5.79 Å². The van der Waals surface area contributed by atoms with E-state index < -0.39 is 65.7 Å².